The number of rotatable bonds is 5. The lowest BCUT2D eigenvalue weighted by Gasteiger charge is -2.28. The minimum Gasteiger partial charge on any atom is -0.310 e. The lowest BCUT2D eigenvalue weighted by molar-refractivity contribution is 0.981. The predicted octanol–water partition coefficient (Wildman–Crippen LogP) is 15.9. The maximum Gasteiger partial charge on any atom is 0.0540 e. The van der Waals surface area contributed by atoms with Gasteiger partial charge < -0.3 is 4.90 Å². The minimum absolute atomic E-state index is 0.943. The summed E-state index contributed by atoms with van der Waals surface area (Å²) in [6.07, 6.45) is 1.90. The molecule has 0 spiro atoms. The highest BCUT2D eigenvalue weighted by Crippen LogP contribution is 2.48. The average molecular weight is 752 g/mol. The van der Waals surface area contributed by atoms with Crippen LogP contribution in [0.5, 0.6) is 0 Å². The van der Waals surface area contributed by atoms with E-state index < -0.39 is 0 Å². The Morgan fingerprint density at radius 1 is 0.271 bits per heavy atom. The minimum atomic E-state index is 0.943. The Labute approximate surface area is 346 Å². The fourth-order valence-electron chi connectivity index (χ4n) is 9.44. The molecule has 0 amide bonds. The lowest BCUT2D eigenvalue weighted by Crippen LogP contribution is -2.11. The van der Waals surface area contributed by atoms with Crippen molar-refractivity contribution in [3.05, 3.63) is 236 Å². The fraction of sp³-hybridized carbons (Fsp3) is 0.0345. The monoisotopic (exact) mass is 751 g/mol. The Balaban J connectivity index is 1.14. The largest absolute Gasteiger partial charge is 0.310 e. The van der Waals surface area contributed by atoms with E-state index in [1.807, 2.05) is 0 Å². The highest BCUT2D eigenvalue weighted by Gasteiger charge is 2.23. The molecular weight excluding hydrogens is 711 g/mol. The van der Waals surface area contributed by atoms with Crippen molar-refractivity contribution in [2.45, 2.75) is 12.8 Å². The molecule has 0 aromatic heterocycles. The Kier molecular flexibility index (Phi) is 8.71. The van der Waals surface area contributed by atoms with Crippen LogP contribution in [0.4, 0.5) is 17.1 Å². The van der Waals surface area contributed by atoms with Gasteiger partial charge in [0.1, 0.15) is 0 Å². The second kappa shape index (κ2) is 14.8. The number of para-hydroxylation sites is 2. The molecule has 0 radical (unpaired) electrons. The van der Waals surface area contributed by atoms with Gasteiger partial charge in [-0.15, -0.1) is 0 Å². The first-order chi connectivity index (χ1) is 29.3. The summed E-state index contributed by atoms with van der Waals surface area (Å²) in [6.45, 7) is 0. The quantitative estimate of drug-likeness (QED) is 0.169. The van der Waals surface area contributed by atoms with Gasteiger partial charge in [0.15, 0.2) is 0 Å². The number of aryl methyl sites for hydroxylation is 2. The molecule has 1 aliphatic carbocycles. The molecule has 0 fully saturated rings. The van der Waals surface area contributed by atoms with Gasteiger partial charge in [0.05, 0.1) is 5.69 Å². The fourth-order valence-corrected chi connectivity index (χ4v) is 9.44. The smallest absolute Gasteiger partial charge is 0.0540 e. The second-order valence-electron chi connectivity index (χ2n) is 15.5. The first-order valence-corrected chi connectivity index (χ1v) is 20.6. The second-order valence-corrected chi connectivity index (χ2v) is 15.5. The Hall–Kier alpha value is -7.48. The standard InChI is InChI=1S/C58H41N/c1-3-15-40(16-4-1)41-27-32-46(33-28-41)59(45-19-5-2-6-20-45)58-26-14-13-23-49(58)44-31-36-56-55-35-30-43-18-8-10-22-48(43)53(55)38-37-52-47-21-9-7-17-42(47)29-34-54(52)50-24-11-12-25-51(50)57(56)39-44/h1-36,39H,37-38H2. The third kappa shape index (κ3) is 6.20. The highest BCUT2D eigenvalue weighted by molar-refractivity contribution is 6.02. The van der Waals surface area contributed by atoms with E-state index in [-0.39, 0.29) is 0 Å². The van der Waals surface area contributed by atoms with Crippen molar-refractivity contribution in [2.75, 3.05) is 4.90 Å². The number of benzene rings is 10. The van der Waals surface area contributed by atoms with Crippen molar-refractivity contribution in [3.8, 4) is 55.6 Å². The molecule has 1 nitrogen and oxygen atoms in total. The number of hydrogen-bond donors (Lipinski definition) is 0. The van der Waals surface area contributed by atoms with Crippen LogP contribution >= 0.6 is 0 Å². The van der Waals surface area contributed by atoms with Crippen LogP contribution in [-0.4, -0.2) is 0 Å². The molecule has 0 saturated heterocycles. The molecule has 59 heavy (non-hydrogen) atoms. The topological polar surface area (TPSA) is 3.24 Å². The molecule has 11 rings (SSSR count). The molecule has 0 saturated carbocycles. The molecule has 1 heteroatoms. The molecular formula is C58H41N. The van der Waals surface area contributed by atoms with Crippen LogP contribution < -0.4 is 4.90 Å². The van der Waals surface area contributed by atoms with Crippen molar-refractivity contribution in [2.24, 2.45) is 0 Å². The van der Waals surface area contributed by atoms with Gasteiger partial charge in [-0.1, -0.05) is 188 Å². The SMILES string of the molecule is c1ccc(-c2ccc(N(c3ccccc3)c3ccccc3-c3ccc4c(c3)-c3ccccc3-c3ccc5ccccc5c3CCc3c-4ccc4ccccc34)cc2)cc1. The number of nitrogens with zero attached hydrogens (tertiary/aromatic N) is 1. The molecule has 0 atom stereocenters. The van der Waals surface area contributed by atoms with Crippen molar-refractivity contribution in [3.63, 3.8) is 0 Å². The summed E-state index contributed by atoms with van der Waals surface area (Å²) in [5.41, 5.74) is 18.6. The average Bonchev–Trinajstić information content (AvgIpc) is 3.31. The number of fused-ring (bicyclic) bond motifs is 11. The van der Waals surface area contributed by atoms with Crippen molar-refractivity contribution in [1.82, 2.24) is 0 Å². The molecule has 1 aliphatic rings. The third-order valence-corrected chi connectivity index (χ3v) is 12.2. The van der Waals surface area contributed by atoms with Crippen LogP contribution in [0, 0.1) is 0 Å². The van der Waals surface area contributed by atoms with Gasteiger partial charge in [0.25, 0.3) is 0 Å². The van der Waals surface area contributed by atoms with Crippen molar-refractivity contribution >= 4 is 38.6 Å². The zero-order valence-electron chi connectivity index (χ0n) is 32.7. The summed E-state index contributed by atoms with van der Waals surface area (Å²) in [4.78, 5) is 2.40. The molecule has 10 aromatic carbocycles. The van der Waals surface area contributed by atoms with Crippen molar-refractivity contribution in [1.29, 1.82) is 0 Å². The van der Waals surface area contributed by atoms with Crippen LogP contribution in [-0.2, 0) is 12.8 Å². The first kappa shape index (κ1) is 34.7. The molecule has 0 unspecified atom stereocenters. The van der Waals surface area contributed by atoms with Crippen LogP contribution in [0.15, 0.2) is 224 Å². The van der Waals surface area contributed by atoms with Crippen molar-refractivity contribution < 1.29 is 0 Å². The van der Waals surface area contributed by atoms with E-state index in [2.05, 4.69) is 229 Å². The number of hydrogen-bond acceptors (Lipinski definition) is 1. The number of anilines is 3. The molecule has 0 N–H and O–H groups in total. The van der Waals surface area contributed by atoms with E-state index in [0.29, 0.717) is 0 Å². The molecule has 10 aromatic rings. The van der Waals surface area contributed by atoms with Gasteiger partial charge in [0, 0.05) is 16.9 Å². The summed E-state index contributed by atoms with van der Waals surface area (Å²) >= 11 is 0. The molecule has 0 bridgehead atoms. The van der Waals surface area contributed by atoms with Crippen LogP contribution in [0.25, 0.3) is 77.2 Å². The van der Waals surface area contributed by atoms with E-state index in [1.54, 1.807) is 0 Å². The molecule has 0 heterocycles. The van der Waals surface area contributed by atoms with Gasteiger partial charge in [-0.3, -0.25) is 0 Å². The third-order valence-electron chi connectivity index (χ3n) is 12.2. The Bertz CT molecular complexity index is 3140. The highest BCUT2D eigenvalue weighted by atomic mass is 15.1. The summed E-state index contributed by atoms with van der Waals surface area (Å²) in [5.74, 6) is 0. The Morgan fingerprint density at radius 3 is 1.36 bits per heavy atom. The van der Waals surface area contributed by atoms with Gasteiger partial charge in [-0.2, -0.15) is 0 Å². The Morgan fingerprint density at radius 2 is 0.712 bits per heavy atom. The zero-order valence-corrected chi connectivity index (χ0v) is 32.7. The lowest BCUT2D eigenvalue weighted by atomic mass is 9.80. The molecule has 0 aliphatic heterocycles. The van der Waals surface area contributed by atoms with E-state index in [0.717, 1.165) is 29.9 Å². The van der Waals surface area contributed by atoms with Crippen LogP contribution in [0.3, 0.4) is 0 Å². The molecule has 278 valence electrons. The predicted molar refractivity (Wildman–Crippen MR) is 251 cm³/mol. The van der Waals surface area contributed by atoms with E-state index in [4.69, 9.17) is 0 Å². The summed E-state index contributed by atoms with van der Waals surface area (Å²) in [7, 11) is 0. The zero-order chi connectivity index (χ0) is 39.1. The van der Waals surface area contributed by atoms with E-state index in [1.165, 1.54) is 88.3 Å². The summed E-state index contributed by atoms with van der Waals surface area (Å²) < 4.78 is 0. The summed E-state index contributed by atoms with van der Waals surface area (Å²) in [5, 5.41) is 5.24. The first-order valence-electron chi connectivity index (χ1n) is 20.6. The maximum absolute atomic E-state index is 2.45. The maximum atomic E-state index is 2.45. The van der Waals surface area contributed by atoms with Gasteiger partial charge >= 0.3 is 0 Å². The van der Waals surface area contributed by atoms with Gasteiger partial charge in [-0.25, -0.2) is 0 Å². The van der Waals surface area contributed by atoms with E-state index in [9.17, 15) is 0 Å². The normalized spacial score (nSPS) is 11.9. The van der Waals surface area contributed by atoms with Crippen LogP contribution in [0.2, 0.25) is 0 Å². The van der Waals surface area contributed by atoms with Gasteiger partial charge in [0.2, 0.25) is 0 Å². The van der Waals surface area contributed by atoms with Crippen LogP contribution in [0.1, 0.15) is 11.1 Å². The summed E-state index contributed by atoms with van der Waals surface area (Å²) in [6, 6.07) is 82.6. The van der Waals surface area contributed by atoms with Gasteiger partial charge in [-0.05, 0) is 132 Å². The van der Waals surface area contributed by atoms with E-state index >= 15 is 0 Å².